The van der Waals surface area contributed by atoms with Gasteiger partial charge in [-0.2, -0.15) is 4.98 Å². The highest BCUT2D eigenvalue weighted by Crippen LogP contribution is 2.22. The molecule has 1 aromatic carbocycles. The molecule has 0 bridgehead atoms. The Morgan fingerprint density at radius 2 is 2.11 bits per heavy atom. The van der Waals surface area contributed by atoms with E-state index < -0.39 is 0 Å². The smallest absolute Gasteiger partial charge is 0.417 e. The highest BCUT2D eigenvalue weighted by Gasteiger charge is 2.24. The maximum absolute atomic E-state index is 5.29. The van der Waals surface area contributed by atoms with Gasteiger partial charge in [-0.15, -0.1) is 0 Å². The van der Waals surface area contributed by atoms with E-state index in [1.807, 2.05) is 24.3 Å². The first kappa shape index (κ1) is 11.0. The van der Waals surface area contributed by atoms with E-state index in [2.05, 4.69) is 10.1 Å². The lowest BCUT2D eigenvalue weighted by Crippen LogP contribution is -2.03. The van der Waals surface area contributed by atoms with E-state index in [0.29, 0.717) is 12.4 Å². The fraction of sp³-hybridized carbons (Fsp3) is 0.333. The highest BCUT2D eigenvalue weighted by atomic mass is 16.7. The predicted octanol–water partition coefficient (Wildman–Crippen LogP) is 1.52. The van der Waals surface area contributed by atoms with Gasteiger partial charge < -0.3 is 14.2 Å². The summed E-state index contributed by atoms with van der Waals surface area (Å²) in [6, 6.07) is 7.39. The van der Waals surface area contributed by atoms with Crippen LogP contribution in [0.5, 0.6) is 11.8 Å². The van der Waals surface area contributed by atoms with Gasteiger partial charge in [-0.1, -0.05) is 5.16 Å². The second-order valence-corrected chi connectivity index (χ2v) is 3.88. The van der Waals surface area contributed by atoms with Gasteiger partial charge >= 0.3 is 6.08 Å². The summed E-state index contributed by atoms with van der Waals surface area (Å²) >= 11 is 0. The first-order chi connectivity index (χ1) is 8.85. The van der Waals surface area contributed by atoms with Crippen LogP contribution in [0, 0.1) is 0 Å². The molecule has 1 aromatic heterocycles. The normalized spacial score (nSPS) is 17.5. The van der Waals surface area contributed by atoms with Crippen molar-refractivity contribution in [2.75, 3.05) is 20.3 Å². The van der Waals surface area contributed by atoms with Crippen molar-refractivity contribution in [2.24, 2.45) is 0 Å². The summed E-state index contributed by atoms with van der Waals surface area (Å²) in [6.07, 6.45) is 0.331. The lowest BCUT2D eigenvalue weighted by atomic mass is 10.2. The number of hydrogen-bond donors (Lipinski definition) is 0. The predicted molar refractivity (Wildman–Crippen MR) is 61.5 cm³/mol. The molecule has 0 amide bonds. The van der Waals surface area contributed by atoms with Crippen LogP contribution in [0.4, 0.5) is 0 Å². The number of rotatable bonds is 5. The van der Waals surface area contributed by atoms with Crippen LogP contribution >= 0.6 is 0 Å². The monoisotopic (exact) mass is 248 g/mol. The molecule has 6 heteroatoms. The second-order valence-electron chi connectivity index (χ2n) is 3.88. The molecule has 1 aliphatic heterocycles. The molecule has 94 valence electrons. The zero-order chi connectivity index (χ0) is 12.4. The molecule has 0 saturated carbocycles. The molecule has 0 radical (unpaired) electrons. The van der Waals surface area contributed by atoms with Gasteiger partial charge in [0.2, 0.25) is 5.82 Å². The van der Waals surface area contributed by atoms with Gasteiger partial charge in [0.1, 0.15) is 18.5 Å². The molecular weight excluding hydrogens is 236 g/mol. The minimum absolute atomic E-state index is 0.163. The van der Waals surface area contributed by atoms with Crippen molar-refractivity contribution < 1.29 is 18.7 Å². The highest BCUT2D eigenvalue weighted by molar-refractivity contribution is 5.55. The fourth-order valence-corrected chi connectivity index (χ4v) is 1.45. The van der Waals surface area contributed by atoms with Gasteiger partial charge in [0, 0.05) is 5.56 Å². The Morgan fingerprint density at radius 3 is 2.78 bits per heavy atom. The zero-order valence-electron chi connectivity index (χ0n) is 9.83. The van der Waals surface area contributed by atoms with E-state index in [0.717, 1.165) is 17.9 Å². The minimum atomic E-state index is 0.163. The topological polar surface area (TPSA) is 69.9 Å². The number of epoxide rings is 1. The zero-order valence-corrected chi connectivity index (χ0v) is 9.83. The van der Waals surface area contributed by atoms with Crippen LogP contribution in [-0.4, -0.2) is 36.6 Å². The Morgan fingerprint density at radius 1 is 1.33 bits per heavy atom. The number of nitrogens with zero attached hydrogens (tertiary/aromatic N) is 2. The van der Waals surface area contributed by atoms with Gasteiger partial charge in [-0.25, -0.2) is 0 Å². The summed E-state index contributed by atoms with van der Waals surface area (Å²) in [5.74, 6) is 1.27. The number of ether oxygens (including phenoxy) is 3. The van der Waals surface area contributed by atoms with Crippen molar-refractivity contribution in [2.45, 2.75) is 6.10 Å². The Kier molecular flexibility index (Phi) is 2.85. The SMILES string of the molecule is COc1ccc(-c2noc(OCC3CO3)n2)cc1. The van der Waals surface area contributed by atoms with Crippen LogP contribution in [-0.2, 0) is 4.74 Å². The molecule has 1 atom stereocenters. The largest absolute Gasteiger partial charge is 0.497 e. The average Bonchev–Trinajstić information content (AvgIpc) is 3.14. The third-order valence-electron chi connectivity index (χ3n) is 2.55. The summed E-state index contributed by atoms with van der Waals surface area (Å²) in [5.41, 5.74) is 0.845. The van der Waals surface area contributed by atoms with Crippen molar-refractivity contribution in [3.05, 3.63) is 24.3 Å². The maximum atomic E-state index is 5.29. The molecule has 2 heterocycles. The molecular formula is C12H12N2O4. The molecule has 0 N–H and O–H groups in total. The number of methoxy groups -OCH3 is 1. The second kappa shape index (κ2) is 4.66. The van der Waals surface area contributed by atoms with Crippen molar-refractivity contribution >= 4 is 0 Å². The third kappa shape index (κ3) is 2.43. The Hall–Kier alpha value is -2.08. The van der Waals surface area contributed by atoms with Crippen molar-refractivity contribution in [1.29, 1.82) is 0 Å². The Balaban J connectivity index is 1.70. The fourth-order valence-electron chi connectivity index (χ4n) is 1.45. The van der Waals surface area contributed by atoms with Crippen LogP contribution in [0.1, 0.15) is 0 Å². The molecule has 3 rings (SSSR count). The molecule has 6 nitrogen and oxygen atoms in total. The van der Waals surface area contributed by atoms with E-state index in [4.69, 9.17) is 18.7 Å². The molecule has 2 aromatic rings. The summed E-state index contributed by atoms with van der Waals surface area (Å²) in [5, 5.41) is 3.85. The van der Waals surface area contributed by atoms with E-state index in [1.54, 1.807) is 7.11 Å². The quantitative estimate of drug-likeness (QED) is 0.747. The molecule has 18 heavy (non-hydrogen) atoms. The van der Waals surface area contributed by atoms with Gasteiger partial charge in [0.15, 0.2) is 0 Å². The molecule has 1 fully saturated rings. The maximum Gasteiger partial charge on any atom is 0.417 e. The molecule has 0 spiro atoms. The van der Waals surface area contributed by atoms with Gasteiger partial charge in [0.05, 0.1) is 13.7 Å². The van der Waals surface area contributed by atoms with Crippen LogP contribution in [0.2, 0.25) is 0 Å². The van der Waals surface area contributed by atoms with Crippen LogP contribution < -0.4 is 9.47 Å². The average molecular weight is 248 g/mol. The molecule has 0 aliphatic carbocycles. The van der Waals surface area contributed by atoms with E-state index in [9.17, 15) is 0 Å². The molecule has 1 unspecified atom stereocenters. The van der Waals surface area contributed by atoms with Crippen molar-refractivity contribution in [3.63, 3.8) is 0 Å². The standard InChI is InChI=1S/C12H12N2O4/c1-15-9-4-2-8(3-5-9)11-13-12(18-14-11)17-7-10-6-16-10/h2-5,10H,6-7H2,1H3. The summed E-state index contributed by atoms with van der Waals surface area (Å²) in [6.45, 7) is 1.18. The van der Waals surface area contributed by atoms with Crippen LogP contribution in [0.15, 0.2) is 28.8 Å². The Bertz CT molecular complexity index is 519. The summed E-state index contributed by atoms with van der Waals surface area (Å²) in [4.78, 5) is 4.14. The molecule has 1 aliphatic rings. The first-order valence-corrected chi connectivity index (χ1v) is 5.57. The van der Waals surface area contributed by atoms with Crippen molar-refractivity contribution in [1.82, 2.24) is 10.1 Å². The Labute approximate surface area is 103 Å². The van der Waals surface area contributed by atoms with Crippen molar-refractivity contribution in [3.8, 4) is 23.2 Å². The molecule has 1 saturated heterocycles. The minimum Gasteiger partial charge on any atom is -0.497 e. The summed E-state index contributed by atoms with van der Waals surface area (Å²) < 4.78 is 20.4. The number of benzene rings is 1. The van der Waals surface area contributed by atoms with Gasteiger partial charge in [-0.05, 0) is 24.3 Å². The summed E-state index contributed by atoms with van der Waals surface area (Å²) in [7, 11) is 1.62. The number of hydrogen-bond acceptors (Lipinski definition) is 6. The van der Waals surface area contributed by atoms with Gasteiger partial charge in [-0.3, -0.25) is 4.52 Å². The lowest BCUT2D eigenvalue weighted by molar-refractivity contribution is 0.184. The lowest BCUT2D eigenvalue weighted by Gasteiger charge is -1.98. The van der Waals surface area contributed by atoms with Crippen LogP contribution in [0.25, 0.3) is 11.4 Å². The van der Waals surface area contributed by atoms with E-state index >= 15 is 0 Å². The van der Waals surface area contributed by atoms with Crippen LogP contribution in [0.3, 0.4) is 0 Å². The third-order valence-corrected chi connectivity index (χ3v) is 2.55. The van der Waals surface area contributed by atoms with E-state index in [1.165, 1.54) is 0 Å². The van der Waals surface area contributed by atoms with E-state index in [-0.39, 0.29) is 12.2 Å². The first-order valence-electron chi connectivity index (χ1n) is 5.57. The number of aromatic nitrogens is 2. The van der Waals surface area contributed by atoms with Gasteiger partial charge in [0.25, 0.3) is 0 Å².